The summed E-state index contributed by atoms with van der Waals surface area (Å²) in [7, 11) is 1.69. The maximum absolute atomic E-state index is 13.5. The van der Waals surface area contributed by atoms with Crippen LogP contribution in [0.25, 0.3) is 0 Å². The number of benzene rings is 1. The number of fused-ring (bicyclic) bond motifs is 1. The van der Waals surface area contributed by atoms with Crippen LogP contribution in [-0.4, -0.2) is 55.2 Å². The Morgan fingerprint density at radius 3 is 2.48 bits per heavy atom. The number of nitrogens with one attached hydrogen (secondary N) is 1. The number of piperidine rings is 2. The van der Waals surface area contributed by atoms with Crippen molar-refractivity contribution in [3.8, 4) is 5.75 Å². The molecular weight excluding hydrogens is 386 g/mol. The van der Waals surface area contributed by atoms with Gasteiger partial charge in [0.05, 0.1) is 13.2 Å². The number of hydrogen-bond donors (Lipinski definition) is 1. The van der Waals surface area contributed by atoms with E-state index in [4.69, 9.17) is 4.74 Å². The number of urea groups is 1. The second-order valence-corrected chi connectivity index (χ2v) is 10.3. The molecule has 1 N–H and O–H groups in total. The minimum absolute atomic E-state index is 0.0117. The average molecular weight is 428 g/mol. The van der Waals surface area contributed by atoms with E-state index in [1.165, 1.54) is 58.0 Å². The van der Waals surface area contributed by atoms with E-state index >= 15 is 0 Å². The number of hydrogen-bond acceptors (Lipinski definition) is 3. The van der Waals surface area contributed by atoms with Gasteiger partial charge in [-0.15, -0.1) is 0 Å². The van der Waals surface area contributed by atoms with E-state index in [9.17, 15) is 4.79 Å². The highest BCUT2D eigenvalue weighted by Gasteiger charge is 2.36. The molecule has 3 aliphatic rings. The molecule has 1 aromatic rings. The van der Waals surface area contributed by atoms with Crippen molar-refractivity contribution in [1.29, 1.82) is 0 Å². The van der Waals surface area contributed by atoms with Crippen molar-refractivity contribution in [2.24, 2.45) is 17.8 Å². The van der Waals surface area contributed by atoms with Gasteiger partial charge in [0.1, 0.15) is 5.75 Å². The zero-order valence-electron chi connectivity index (χ0n) is 19.7. The molecule has 2 amide bonds. The van der Waals surface area contributed by atoms with Crippen LogP contribution in [0.1, 0.15) is 70.4 Å². The fourth-order valence-corrected chi connectivity index (χ4v) is 5.60. The molecule has 0 bridgehead atoms. The monoisotopic (exact) mass is 427 g/mol. The minimum Gasteiger partial charge on any atom is -0.497 e. The maximum atomic E-state index is 13.5. The predicted octanol–water partition coefficient (Wildman–Crippen LogP) is 5.08. The van der Waals surface area contributed by atoms with Gasteiger partial charge in [0.15, 0.2) is 0 Å². The Balaban J connectivity index is 1.45. The van der Waals surface area contributed by atoms with Crippen LogP contribution >= 0.6 is 0 Å². The fourth-order valence-electron chi connectivity index (χ4n) is 5.60. The number of nitrogens with zero attached hydrogens (tertiary/aromatic N) is 2. The van der Waals surface area contributed by atoms with Crippen LogP contribution in [0.15, 0.2) is 24.3 Å². The Morgan fingerprint density at radius 2 is 1.81 bits per heavy atom. The molecule has 3 fully saturated rings. The van der Waals surface area contributed by atoms with E-state index in [1.807, 2.05) is 12.1 Å². The molecule has 0 radical (unpaired) electrons. The summed E-state index contributed by atoms with van der Waals surface area (Å²) in [5, 5.41) is 3.40. The van der Waals surface area contributed by atoms with Crippen molar-refractivity contribution in [2.75, 3.05) is 33.3 Å². The molecule has 3 atom stereocenters. The van der Waals surface area contributed by atoms with Gasteiger partial charge >= 0.3 is 6.03 Å². The molecule has 0 spiro atoms. The molecule has 1 aliphatic carbocycles. The van der Waals surface area contributed by atoms with Crippen molar-refractivity contribution in [3.63, 3.8) is 0 Å². The lowest BCUT2D eigenvalue weighted by molar-refractivity contribution is 0.0448. The van der Waals surface area contributed by atoms with Crippen molar-refractivity contribution in [3.05, 3.63) is 29.8 Å². The Kier molecular flexibility index (Phi) is 7.42. The highest BCUT2D eigenvalue weighted by atomic mass is 16.5. The summed E-state index contributed by atoms with van der Waals surface area (Å²) in [5.41, 5.74) is 1.15. The minimum atomic E-state index is 0.0117. The second-order valence-electron chi connectivity index (χ2n) is 10.3. The number of methoxy groups -OCH3 is 1. The number of carbonyl (C=O) groups is 1. The van der Waals surface area contributed by atoms with Gasteiger partial charge in [-0.05, 0) is 87.1 Å². The summed E-state index contributed by atoms with van der Waals surface area (Å²) in [6.45, 7) is 8.70. The van der Waals surface area contributed by atoms with Crippen LogP contribution in [-0.2, 0) is 0 Å². The number of ether oxygens (including phenoxy) is 1. The molecule has 1 aromatic carbocycles. The van der Waals surface area contributed by atoms with Gasteiger partial charge in [-0.25, -0.2) is 4.79 Å². The summed E-state index contributed by atoms with van der Waals surface area (Å²) in [6.07, 6.45) is 9.09. The average Bonchev–Trinajstić information content (AvgIpc) is 3.61. The molecule has 2 heterocycles. The highest BCUT2D eigenvalue weighted by molar-refractivity contribution is 5.75. The maximum Gasteiger partial charge on any atom is 0.317 e. The summed E-state index contributed by atoms with van der Waals surface area (Å²) >= 11 is 0. The third-order valence-corrected chi connectivity index (χ3v) is 7.57. The van der Waals surface area contributed by atoms with Crippen LogP contribution in [0.2, 0.25) is 0 Å². The quantitative estimate of drug-likeness (QED) is 0.629. The first kappa shape index (κ1) is 22.4. The van der Waals surface area contributed by atoms with Crippen molar-refractivity contribution in [1.82, 2.24) is 15.1 Å². The standard InChI is InChI=1S/C26H41N3O2/c1-19(2)25(21-11-13-23(31-3)14-12-21)27-26(30)29(17-20-9-10-20)18-22-7-6-16-28-15-5-4-8-24(22)28/h11-14,19-20,22,24-25H,4-10,15-18H2,1-3H3,(H,27,30)/t22-,24+,25?/m0/s1. The lowest BCUT2D eigenvalue weighted by Crippen LogP contribution is -2.53. The first-order chi connectivity index (χ1) is 15.0. The van der Waals surface area contributed by atoms with Gasteiger partial charge in [0.25, 0.3) is 0 Å². The van der Waals surface area contributed by atoms with Crippen LogP contribution in [0.5, 0.6) is 5.75 Å². The van der Waals surface area contributed by atoms with E-state index < -0.39 is 0 Å². The van der Waals surface area contributed by atoms with Gasteiger partial charge in [-0.2, -0.15) is 0 Å². The third kappa shape index (κ3) is 5.74. The summed E-state index contributed by atoms with van der Waals surface area (Å²) in [4.78, 5) is 18.4. The van der Waals surface area contributed by atoms with E-state index in [2.05, 4.69) is 41.1 Å². The van der Waals surface area contributed by atoms with Crippen LogP contribution < -0.4 is 10.1 Å². The molecular formula is C26H41N3O2. The van der Waals surface area contributed by atoms with E-state index in [0.717, 1.165) is 24.4 Å². The molecule has 5 nitrogen and oxygen atoms in total. The summed E-state index contributed by atoms with van der Waals surface area (Å²) < 4.78 is 5.31. The Morgan fingerprint density at radius 1 is 1.06 bits per heavy atom. The van der Waals surface area contributed by atoms with Crippen molar-refractivity contribution >= 4 is 6.03 Å². The SMILES string of the molecule is COc1ccc(C(NC(=O)N(CC2CC2)C[C@@H]2CCCN3CCCC[C@H]23)C(C)C)cc1. The molecule has 31 heavy (non-hydrogen) atoms. The normalized spacial score (nSPS) is 25.0. The molecule has 2 aliphatic heterocycles. The zero-order chi connectivity index (χ0) is 21.8. The van der Waals surface area contributed by atoms with Crippen molar-refractivity contribution in [2.45, 2.75) is 70.9 Å². The number of carbonyl (C=O) groups excluding carboxylic acids is 1. The van der Waals surface area contributed by atoms with E-state index in [0.29, 0.717) is 23.8 Å². The Hall–Kier alpha value is -1.75. The molecule has 1 saturated carbocycles. The Labute approximate surface area is 188 Å². The molecule has 0 aromatic heterocycles. The molecule has 1 unspecified atom stereocenters. The van der Waals surface area contributed by atoms with E-state index in [-0.39, 0.29) is 12.1 Å². The second kappa shape index (κ2) is 10.2. The number of amides is 2. The van der Waals surface area contributed by atoms with Crippen LogP contribution in [0.4, 0.5) is 4.79 Å². The Bertz CT molecular complexity index is 714. The van der Waals surface area contributed by atoms with Crippen LogP contribution in [0.3, 0.4) is 0 Å². The van der Waals surface area contributed by atoms with Crippen molar-refractivity contribution < 1.29 is 9.53 Å². The molecule has 4 rings (SSSR count). The van der Waals surface area contributed by atoms with Crippen LogP contribution in [0, 0.1) is 17.8 Å². The summed E-state index contributed by atoms with van der Waals surface area (Å²) in [6, 6.07) is 8.94. The molecule has 172 valence electrons. The highest BCUT2D eigenvalue weighted by Crippen LogP contribution is 2.34. The third-order valence-electron chi connectivity index (χ3n) is 7.57. The molecule has 5 heteroatoms. The molecule has 2 saturated heterocycles. The van der Waals surface area contributed by atoms with Gasteiger partial charge in [-0.1, -0.05) is 32.4 Å². The number of rotatable bonds is 8. The zero-order valence-corrected chi connectivity index (χ0v) is 19.7. The lowest BCUT2D eigenvalue weighted by atomic mass is 9.83. The largest absolute Gasteiger partial charge is 0.497 e. The van der Waals surface area contributed by atoms with E-state index in [1.54, 1.807) is 7.11 Å². The lowest BCUT2D eigenvalue weighted by Gasteiger charge is -2.45. The first-order valence-electron chi connectivity index (χ1n) is 12.5. The van der Waals surface area contributed by atoms with Gasteiger partial charge in [-0.3, -0.25) is 0 Å². The van der Waals surface area contributed by atoms with Gasteiger partial charge in [0, 0.05) is 19.1 Å². The van der Waals surface area contributed by atoms with Gasteiger partial charge in [0.2, 0.25) is 0 Å². The fraction of sp³-hybridized carbons (Fsp3) is 0.731. The predicted molar refractivity (Wildman–Crippen MR) is 125 cm³/mol. The summed E-state index contributed by atoms with van der Waals surface area (Å²) in [5.74, 6) is 2.50. The van der Waals surface area contributed by atoms with Gasteiger partial charge < -0.3 is 19.9 Å². The smallest absolute Gasteiger partial charge is 0.317 e. The topological polar surface area (TPSA) is 44.8 Å². The first-order valence-corrected chi connectivity index (χ1v) is 12.5.